The number of pyridine rings is 1. The largest absolute Gasteiger partial charge is 0.478 e. The van der Waals surface area contributed by atoms with E-state index >= 15 is 0 Å². The van der Waals surface area contributed by atoms with Crippen molar-refractivity contribution in [2.45, 2.75) is 45.6 Å². The van der Waals surface area contributed by atoms with Crippen LogP contribution in [0.5, 0.6) is 0 Å². The number of carboxylic acids is 1. The molecule has 0 bridgehead atoms. The molecule has 2 rings (SSSR count). The van der Waals surface area contributed by atoms with Crippen LogP contribution < -0.4 is 4.90 Å². The molecule has 2 heterocycles. The zero-order valence-electron chi connectivity index (χ0n) is 11.0. The number of hydrogen-bond donors (Lipinski definition) is 1. The minimum atomic E-state index is -0.894. The van der Waals surface area contributed by atoms with E-state index in [4.69, 9.17) is 0 Å². The van der Waals surface area contributed by atoms with Gasteiger partial charge in [-0.15, -0.1) is 0 Å². The molecule has 1 aromatic rings. The Morgan fingerprint density at radius 1 is 1.39 bits per heavy atom. The third-order valence-corrected chi connectivity index (χ3v) is 3.57. The van der Waals surface area contributed by atoms with Crippen LogP contribution in [0.25, 0.3) is 0 Å². The van der Waals surface area contributed by atoms with E-state index in [1.165, 1.54) is 12.8 Å². The summed E-state index contributed by atoms with van der Waals surface area (Å²) in [5.74, 6) is -0.258. The molecule has 0 spiro atoms. The number of rotatable bonds is 2. The first kappa shape index (κ1) is 12.9. The fraction of sp³-hybridized carbons (Fsp3) is 0.571. The summed E-state index contributed by atoms with van der Waals surface area (Å²) in [5.41, 5.74) is 1.18. The van der Waals surface area contributed by atoms with Crippen LogP contribution in [-0.2, 0) is 0 Å². The highest BCUT2D eigenvalue weighted by Gasteiger charge is 2.23. The maximum Gasteiger partial charge on any atom is 0.339 e. The SMILES string of the molecule is Cc1ccc(C(=O)O)c(N2CCCCCC2C)n1. The van der Waals surface area contributed by atoms with Gasteiger partial charge in [0.2, 0.25) is 0 Å². The summed E-state index contributed by atoms with van der Waals surface area (Å²) in [6, 6.07) is 3.78. The summed E-state index contributed by atoms with van der Waals surface area (Å²) in [7, 11) is 0. The van der Waals surface area contributed by atoms with Crippen molar-refractivity contribution in [2.75, 3.05) is 11.4 Å². The molecule has 1 atom stereocenters. The van der Waals surface area contributed by atoms with Crippen molar-refractivity contribution in [1.29, 1.82) is 0 Å². The molecule has 1 aromatic heterocycles. The monoisotopic (exact) mass is 248 g/mol. The maximum atomic E-state index is 11.3. The van der Waals surface area contributed by atoms with Gasteiger partial charge in [0.25, 0.3) is 0 Å². The molecule has 0 radical (unpaired) electrons. The van der Waals surface area contributed by atoms with E-state index in [-0.39, 0.29) is 0 Å². The number of anilines is 1. The lowest BCUT2D eigenvalue weighted by molar-refractivity contribution is 0.0697. The van der Waals surface area contributed by atoms with Gasteiger partial charge in [0.15, 0.2) is 0 Å². The van der Waals surface area contributed by atoms with Crippen molar-refractivity contribution in [3.05, 3.63) is 23.4 Å². The first-order chi connectivity index (χ1) is 8.59. The topological polar surface area (TPSA) is 53.4 Å². The van der Waals surface area contributed by atoms with Crippen molar-refractivity contribution >= 4 is 11.8 Å². The minimum Gasteiger partial charge on any atom is -0.478 e. The van der Waals surface area contributed by atoms with Crippen LogP contribution in [0, 0.1) is 6.92 Å². The van der Waals surface area contributed by atoms with Gasteiger partial charge in [-0.05, 0) is 38.8 Å². The molecule has 4 heteroatoms. The normalized spacial score (nSPS) is 20.6. The first-order valence-electron chi connectivity index (χ1n) is 6.57. The number of aromatic nitrogens is 1. The second-order valence-electron chi connectivity index (χ2n) is 5.02. The highest BCUT2D eigenvalue weighted by Crippen LogP contribution is 2.26. The fourth-order valence-electron chi connectivity index (χ4n) is 2.52. The average Bonchev–Trinajstić information content (AvgIpc) is 2.53. The smallest absolute Gasteiger partial charge is 0.339 e. The third-order valence-electron chi connectivity index (χ3n) is 3.57. The standard InChI is InChI=1S/C14H20N2O2/c1-10-7-8-12(14(17)18)13(15-10)16-9-5-3-4-6-11(16)2/h7-8,11H,3-6,9H2,1-2H3,(H,17,18). The van der Waals surface area contributed by atoms with Crippen molar-refractivity contribution in [2.24, 2.45) is 0 Å². The summed E-state index contributed by atoms with van der Waals surface area (Å²) in [4.78, 5) is 17.9. The van der Waals surface area contributed by atoms with Gasteiger partial charge in [-0.3, -0.25) is 0 Å². The average molecular weight is 248 g/mol. The number of aromatic carboxylic acids is 1. The Bertz CT molecular complexity index is 445. The Morgan fingerprint density at radius 2 is 2.17 bits per heavy atom. The second kappa shape index (κ2) is 5.38. The molecular formula is C14H20N2O2. The van der Waals surface area contributed by atoms with Crippen molar-refractivity contribution in [3.63, 3.8) is 0 Å². The van der Waals surface area contributed by atoms with Crippen molar-refractivity contribution in [3.8, 4) is 0 Å². The molecule has 1 saturated heterocycles. The quantitative estimate of drug-likeness (QED) is 0.874. The number of carbonyl (C=O) groups is 1. The Hall–Kier alpha value is -1.58. The molecule has 4 nitrogen and oxygen atoms in total. The van der Waals surface area contributed by atoms with Crippen LogP contribution in [0.4, 0.5) is 5.82 Å². The molecule has 98 valence electrons. The highest BCUT2D eigenvalue weighted by molar-refractivity contribution is 5.93. The van der Waals surface area contributed by atoms with Crippen molar-refractivity contribution < 1.29 is 9.90 Å². The molecule has 0 amide bonds. The van der Waals surface area contributed by atoms with Crippen molar-refractivity contribution in [1.82, 2.24) is 4.98 Å². The van der Waals surface area contributed by atoms with E-state index in [9.17, 15) is 9.90 Å². The van der Waals surface area contributed by atoms with E-state index < -0.39 is 5.97 Å². The maximum absolute atomic E-state index is 11.3. The predicted molar refractivity (Wildman–Crippen MR) is 71.2 cm³/mol. The van der Waals surface area contributed by atoms with Gasteiger partial charge in [0.1, 0.15) is 11.4 Å². The van der Waals surface area contributed by atoms with Gasteiger partial charge in [0.05, 0.1) is 0 Å². The zero-order valence-corrected chi connectivity index (χ0v) is 11.0. The van der Waals surface area contributed by atoms with Crippen LogP contribution in [0.15, 0.2) is 12.1 Å². The molecule has 1 aliphatic heterocycles. The van der Waals surface area contributed by atoms with Crippen LogP contribution in [0.1, 0.15) is 48.7 Å². The van der Waals surface area contributed by atoms with E-state index in [1.807, 2.05) is 6.92 Å². The Kier molecular flexibility index (Phi) is 3.84. The van der Waals surface area contributed by atoms with Gasteiger partial charge >= 0.3 is 5.97 Å². The summed E-state index contributed by atoms with van der Waals surface area (Å²) in [6.07, 6.45) is 4.65. The molecule has 1 N–H and O–H groups in total. The molecule has 0 saturated carbocycles. The summed E-state index contributed by atoms with van der Waals surface area (Å²) in [6.45, 7) is 4.95. The lowest BCUT2D eigenvalue weighted by Crippen LogP contribution is -2.34. The Labute approximate surface area is 108 Å². The van der Waals surface area contributed by atoms with Gasteiger partial charge in [0, 0.05) is 18.3 Å². The Balaban J connectivity index is 2.40. The zero-order chi connectivity index (χ0) is 13.1. The fourth-order valence-corrected chi connectivity index (χ4v) is 2.52. The van der Waals surface area contributed by atoms with Crippen LogP contribution in [-0.4, -0.2) is 28.6 Å². The first-order valence-corrected chi connectivity index (χ1v) is 6.57. The van der Waals surface area contributed by atoms with Gasteiger partial charge in [-0.2, -0.15) is 0 Å². The molecule has 18 heavy (non-hydrogen) atoms. The Morgan fingerprint density at radius 3 is 2.89 bits per heavy atom. The number of hydrogen-bond acceptors (Lipinski definition) is 3. The van der Waals surface area contributed by atoms with E-state index in [1.54, 1.807) is 12.1 Å². The minimum absolute atomic E-state index is 0.314. The molecule has 0 aromatic carbocycles. The van der Waals surface area contributed by atoms with Crippen LogP contribution in [0.2, 0.25) is 0 Å². The van der Waals surface area contributed by atoms with Crippen LogP contribution in [0.3, 0.4) is 0 Å². The molecule has 0 aliphatic carbocycles. The van der Waals surface area contributed by atoms with Gasteiger partial charge < -0.3 is 10.0 Å². The third kappa shape index (κ3) is 2.63. The summed E-state index contributed by atoms with van der Waals surface area (Å²) >= 11 is 0. The number of carboxylic acid groups (broad SMARTS) is 1. The summed E-state index contributed by atoms with van der Waals surface area (Å²) < 4.78 is 0. The lowest BCUT2D eigenvalue weighted by atomic mass is 10.1. The van der Waals surface area contributed by atoms with E-state index in [0.717, 1.165) is 25.1 Å². The molecular weight excluding hydrogens is 228 g/mol. The number of nitrogens with zero attached hydrogens (tertiary/aromatic N) is 2. The lowest BCUT2D eigenvalue weighted by Gasteiger charge is -2.29. The molecule has 1 fully saturated rings. The molecule has 1 unspecified atom stereocenters. The van der Waals surface area contributed by atoms with Crippen LogP contribution >= 0.6 is 0 Å². The highest BCUT2D eigenvalue weighted by atomic mass is 16.4. The van der Waals surface area contributed by atoms with E-state index in [0.29, 0.717) is 17.4 Å². The second-order valence-corrected chi connectivity index (χ2v) is 5.02. The van der Waals surface area contributed by atoms with E-state index in [2.05, 4.69) is 16.8 Å². The number of aryl methyl sites for hydroxylation is 1. The van der Waals surface area contributed by atoms with Gasteiger partial charge in [-0.1, -0.05) is 12.8 Å². The predicted octanol–water partition coefficient (Wildman–Crippen LogP) is 2.86. The van der Waals surface area contributed by atoms with Gasteiger partial charge in [-0.25, -0.2) is 9.78 Å². The summed E-state index contributed by atoms with van der Waals surface area (Å²) in [5, 5.41) is 9.28. The molecule has 1 aliphatic rings.